The summed E-state index contributed by atoms with van der Waals surface area (Å²) in [5.74, 6) is -1.11. The van der Waals surface area contributed by atoms with Crippen molar-refractivity contribution in [2.75, 3.05) is 13.2 Å². The van der Waals surface area contributed by atoms with E-state index in [1.807, 2.05) is 0 Å². The van der Waals surface area contributed by atoms with Crippen molar-refractivity contribution in [1.82, 2.24) is 0 Å². The van der Waals surface area contributed by atoms with Gasteiger partial charge in [-0.3, -0.25) is 18.6 Å². The molecule has 0 spiro atoms. The molecule has 0 radical (unpaired) electrons. The normalized spacial score (nSPS) is 22.7. The maximum absolute atomic E-state index is 12.8. The topological polar surface area (TPSA) is 210 Å². The summed E-state index contributed by atoms with van der Waals surface area (Å²) in [6.07, 6.45) is 23.7. The summed E-state index contributed by atoms with van der Waals surface area (Å²) in [4.78, 5) is 35.6. The highest BCUT2D eigenvalue weighted by atomic mass is 31.2. The third-order valence-electron chi connectivity index (χ3n) is 10.5. The predicted molar refractivity (Wildman–Crippen MR) is 226 cm³/mol. The molecule has 13 nitrogen and oxygen atoms in total. The Bertz CT molecular complexity index is 1120. The Morgan fingerprint density at radius 3 is 1.45 bits per heavy atom. The van der Waals surface area contributed by atoms with Crippen LogP contribution in [0.15, 0.2) is 24.3 Å². The van der Waals surface area contributed by atoms with Crippen molar-refractivity contribution in [2.24, 2.45) is 0 Å². The minimum Gasteiger partial charge on any atom is -0.462 e. The Balaban J connectivity index is 2.47. The monoisotopic (exact) mass is 849 g/mol. The molecule has 1 fully saturated rings. The minimum atomic E-state index is -5.11. The fraction of sp³-hybridized carbons (Fsp3) is 0.864. The maximum Gasteiger partial charge on any atom is 0.472 e. The highest BCUT2D eigenvalue weighted by Crippen LogP contribution is 2.47. The van der Waals surface area contributed by atoms with Crippen molar-refractivity contribution >= 4 is 19.8 Å². The van der Waals surface area contributed by atoms with Crippen LogP contribution in [0.2, 0.25) is 0 Å². The van der Waals surface area contributed by atoms with Gasteiger partial charge >= 0.3 is 19.8 Å². The van der Waals surface area contributed by atoms with Crippen molar-refractivity contribution in [3.05, 3.63) is 24.3 Å². The maximum atomic E-state index is 12.8. The van der Waals surface area contributed by atoms with Crippen LogP contribution in [0.1, 0.15) is 187 Å². The Morgan fingerprint density at radius 2 is 0.948 bits per heavy atom. The lowest BCUT2D eigenvalue weighted by molar-refractivity contribution is -0.220. The van der Waals surface area contributed by atoms with E-state index < -0.39 is 75.7 Å². The Hall–Kier alpha value is -1.67. The van der Waals surface area contributed by atoms with Gasteiger partial charge in [-0.15, -0.1) is 0 Å². The van der Waals surface area contributed by atoms with Crippen molar-refractivity contribution in [3.63, 3.8) is 0 Å². The predicted octanol–water partition coefficient (Wildman–Crippen LogP) is 8.45. The molecule has 14 heteroatoms. The molecule has 6 N–H and O–H groups in total. The molecule has 58 heavy (non-hydrogen) atoms. The molecule has 6 unspecified atom stereocenters. The van der Waals surface area contributed by atoms with Crippen LogP contribution in [0.4, 0.5) is 0 Å². The fourth-order valence-corrected chi connectivity index (χ4v) is 7.81. The lowest BCUT2D eigenvalue weighted by Crippen LogP contribution is -2.64. The molecule has 8 atom stereocenters. The summed E-state index contributed by atoms with van der Waals surface area (Å²) in [5, 5.41) is 50.1. The van der Waals surface area contributed by atoms with Crippen molar-refractivity contribution in [3.8, 4) is 0 Å². The third-order valence-corrected chi connectivity index (χ3v) is 11.5. The molecular weight excluding hydrogens is 767 g/mol. The number of hydrogen-bond acceptors (Lipinski definition) is 12. The summed E-state index contributed by atoms with van der Waals surface area (Å²) < 4.78 is 33.5. The number of carbonyl (C=O) groups excluding carboxylic acids is 2. The number of rotatable bonds is 37. The second-order valence-electron chi connectivity index (χ2n) is 15.9. The smallest absolute Gasteiger partial charge is 0.462 e. The zero-order valence-corrected chi connectivity index (χ0v) is 36.7. The number of unbranched alkanes of at least 4 members (excludes halogenated alkanes) is 21. The molecule has 1 aliphatic carbocycles. The molecule has 1 aliphatic rings. The van der Waals surface area contributed by atoms with Crippen molar-refractivity contribution < 1.29 is 63.1 Å². The number of esters is 2. The van der Waals surface area contributed by atoms with Crippen molar-refractivity contribution in [2.45, 2.75) is 230 Å². The number of allylic oxidation sites excluding steroid dienone is 4. The SMILES string of the molecule is CCCC/C=C/C/C=C/CCCCCCCC(=O)OC[C@H](COP(=O)(O)OC1C(O)C(O)C(O)[C@H](O)C1O)OC(=O)CCCCCCCCCCCCCCCCC. The van der Waals surface area contributed by atoms with Crippen LogP contribution >= 0.6 is 7.82 Å². The first kappa shape index (κ1) is 54.3. The van der Waals surface area contributed by atoms with Crippen LogP contribution in [-0.4, -0.2) is 98.3 Å². The lowest BCUT2D eigenvalue weighted by atomic mass is 9.85. The standard InChI is InChI=1S/C44H81O13P/c1-3-5-7-9-11-13-15-17-19-21-23-25-27-29-31-33-38(46)56-36(35-55-58(52,53)57-44-42(50)40(48)39(47)41(49)43(44)51)34-54-37(45)32-30-28-26-24-22-20-18-16-14-12-10-8-6-4-2/h10,12,16,18,36,39-44,47-51H,3-9,11,13-15,17,19-35H2,1-2H3,(H,52,53)/b12-10+,18-16+/t36-,39?,40+,41?,42?,43?,44?/m1/s1. The van der Waals surface area contributed by atoms with E-state index in [1.165, 1.54) is 77.0 Å². The first-order valence-corrected chi connectivity index (χ1v) is 24.1. The molecule has 0 heterocycles. The number of ether oxygens (including phenoxy) is 2. The van der Waals surface area contributed by atoms with Gasteiger partial charge in [-0.2, -0.15) is 0 Å². The molecule has 0 bridgehead atoms. The van der Waals surface area contributed by atoms with E-state index in [9.17, 15) is 44.6 Å². The van der Waals surface area contributed by atoms with Gasteiger partial charge in [0, 0.05) is 12.8 Å². The summed E-state index contributed by atoms with van der Waals surface area (Å²) in [6, 6.07) is 0. The summed E-state index contributed by atoms with van der Waals surface area (Å²) in [5.41, 5.74) is 0. The second kappa shape index (κ2) is 35.0. The van der Waals surface area contributed by atoms with E-state index >= 15 is 0 Å². The van der Waals surface area contributed by atoms with E-state index in [0.717, 1.165) is 70.6 Å². The van der Waals surface area contributed by atoms with Gasteiger partial charge in [0.15, 0.2) is 6.10 Å². The van der Waals surface area contributed by atoms with Gasteiger partial charge in [-0.25, -0.2) is 4.57 Å². The van der Waals surface area contributed by atoms with E-state index in [-0.39, 0.29) is 12.8 Å². The number of hydrogen-bond donors (Lipinski definition) is 6. The van der Waals surface area contributed by atoms with Crippen LogP contribution in [0.3, 0.4) is 0 Å². The van der Waals surface area contributed by atoms with E-state index in [2.05, 4.69) is 38.2 Å². The minimum absolute atomic E-state index is 0.0977. The molecule has 0 amide bonds. The van der Waals surface area contributed by atoms with Crippen LogP contribution < -0.4 is 0 Å². The molecule has 0 aromatic rings. The second-order valence-corrected chi connectivity index (χ2v) is 17.3. The first-order valence-electron chi connectivity index (χ1n) is 22.6. The quantitative estimate of drug-likeness (QED) is 0.0150. The summed E-state index contributed by atoms with van der Waals surface area (Å²) in [6.45, 7) is 3.25. The number of phosphoric ester groups is 1. The highest BCUT2D eigenvalue weighted by molar-refractivity contribution is 7.47. The zero-order valence-electron chi connectivity index (χ0n) is 35.8. The van der Waals surface area contributed by atoms with Gasteiger partial charge in [0.25, 0.3) is 0 Å². The van der Waals surface area contributed by atoms with E-state index in [0.29, 0.717) is 12.8 Å². The van der Waals surface area contributed by atoms with Gasteiger partial charge in [0.2, 0.25) is 0 Å². The molecule has 0 aromatic carbocycles. The number of carbonyl (C=O) groups is 2. The molecule has 0 aromatic heterocycles. The van der Waals surface area contributed by atoms with Crippen LogP contribution in [0.5, 0.6) is 0 Å². The van der Waals surface area contributed by atoms with Gasteiger partial charge in [-0.05, 0) is 38.5 Å². The number of aliphatic hydroxyl groups excluding tert-OH is 5. The molecular formula is C44H81O13P. The van der Waals surface area contributed by atoms with Gasteiger partial charge in [0.1, 0.15) is 43.2 Å². The Labute approximate surface area is 349 Å². The third kappa shape index (κ3) is 27.2. The summed E-state index contributed by atoms with van der Waals surface area (Å²) >= 11 is 0. The number of phosphoric acid groups is 1. The molecule has 1 rings (SSSR count). The van der Waals surface area contributed by atoms with Crippen LogP contribution in [-0.2, 0) is 32.7 Å². The number of aliphatic hydroxyl groups is 5. The largest absolute Gasteiger partial charge is 0.472 e. The first-order chi connectivity index (χ1) is 27.9. The van der Waals surface area contributed by atoms with E-state index in [4.69, 9.17) is 18.5 Å². The lowest BCUT2D eigenvalue weighted by Gasteiger charge is -2.41. The summed E-state index contributed by atoms with van der Waals surface area (Å²) in [7, 11) is -5.11. The average Bonchev–Trinajstić information content (AvgIpc) is 3.20. The van der Waals surface area contributed by atoms with Crippen LogP contribution in [0, 0.1) is 0 Å². The van der Waals surface area contributed by atoms with E-state index in [1.54, 1.807) is 0 Å². The molecule has 0 saturated heterocycles. The van der Waals surface area contributed by atoms with Gasteiger partial charge in [0.05, 0.1) is 6.61 Å². The Kier molecular flexibility index (Phi) is 32.8. The molecule has 340 valence electrons. The fourth-order valence-electron chi connectivity index (χ4n) is 6.83. The highest BCUT2D eigenvalue weighted by Gasteiger charge is 2.51. The Morgan fingerprint density at radius 1 is 0.534 bits per heavy atom. The zero-order chi connectivity index (χ0) is 42.9. The van der Waals surface area contributed by atoms with Crippen LogP contribution in [0.25, 0.3) is 0 Å². The molecule has 1 saturated carbocycles. The average molecular weight is 849 g/mol. The molecule has 0 aliphatic heterocycles. The van der Waals surface area contributed by atoms with Crippen molar-refractivity contribution in [1.29, 1.82) is 0 Å². The van der Waals surface area contributed by atoms with Gasteiger partial charge < -0.3 is 39.9 Å². The van der Waals surface area contributed by atoms with Gasteiger partial charge in [-0.1, -0.05) is 160 Å².